The summed E-state index contributed by atoms with van der Waals surface area (Å²) < 4.78 is 50.7. The van der Waals surface area contributed by atoms with Crippen LogP contribution in [0.25, 0.3) is 11.1 Å². The molecule has 22 N–H and O–H groups in total. The van der Waals surface area contributed by atoms with Gasteiger partial charge in [0.1, 0.15) is 132 Å². The number of aromatic hydroxyl groups is 3. The lowest BCUT2D eigenvalue weighted by atomic mass is 9.86. The number of nitrogens with one attached hydrogen (secondary N) is 7. The molecule has 5 aromatic carbocycles. The number of hydrogen-bond acceptors (Lipinski definition) is 30. The van der Waals surface area contributed by atoms with Crippen LogP contribution in [0.2, 0.25) is 10.0 Å². The van der Waals surface area contributed by atoms with Gasteiger partial charge in [-0.3, -0.25) is 38.5 Å². The van der Waals surface area contributed by atoms with Crippen LogP contribution in [0.15, 0.2) is 72.8 Å². The van der Waals surface area contributed by atoms with Gasteiger partial charge in [0.25, 0.3) is 0 Å². The summed E-state index contributed by atoms with van der Waals surface area (Å²) in [4.78, 5) is 122. The van der Waals surface area contributed by atoms with Crippen molar-refractivity contribution in [3.05, 3.63) is 116 Å². The second-order valence-electron chi connectivity index (χ2n) is 29.8. The van der Waals surface area contributed by atoms with Crippen molar-refractivity contribution in [2.75, 3.05) is 34.3 Å². The van der Waals surface area contributed by atoms with E-state index in [0.29, 0.717) is 0 Å². The van der Waals surface area contributed by atoms with Gasteiger partial charge in [-0.25, -0.2) is 0 Å². The van der Waals surface area contributed by atoms with Gasteiger partial charge in [-0.15, -0.1) is 0 Å². The molecule has 23 atom stereocenters. The van der Waals surface area contributed by atoms with E-state index in [4.69, 9.17) is 72.6 Å². The van der Waals surface area contributed by atoms with Gasteiger partial charge in [-0.05, 0) is 137 Å². The Balaban J connectivity index is 1.16. The van der Waals surface area contributed by atoms with E-state index in [1.807, 2.05) is 13.8 Å². The molecule has 39 heteroatoms. The molecule has 13 rings (SSSR count). The SMILES string of the molecule is CNC[C@H]1O[C@@H](O[C@H]2[C@H](O)[C@@H](O)C(Oc3c4cc5cc3Oc3ccc(cc3Cl)[C@@H](OC3C[C@](C)(N)[C@@H](O)[C@H](C)O3)[C@@H]3NC(=O)[C@H](NC(=O)[C@@H]5NC(=O)[C@H](CC(N)=O)NC(=O)[C@H](NC(=O)[C@@H](CC(C)C)N(C)C)[C@H](O)c5ccc(c(Cl)c5)O4)c4ccc(O)c(c4)-c4c(cc(O)c(C)c4O)[C@H](C=O)NC3=O)O[C@@H]2CO)[C@H](O)[C@@H](O)[C@H]1O. The molecule has 8 aliphatic rings. The van der Waals surface area contributed by atoms with Gasteiger partial charge in [0, 0.05) is 35.2 Å². The van der Waals surface area contributed by atoms with Crippen LogP contribution in [0.4, 0.5) is 0 Å². The quantitative estimate of drug-likeness (QED) is 0.0493. The molecule has 2 unspecified atom stereocenters. The van der Waals surface area contributed by atoms with Crippen LogP contribution >= 0.6 is 23.2 Å². The summed E-state index contributed by atoms with van der Waals surface area (Å²) in [7, 11) is 4.69. The van der Waals surface area contributed by atoms with Gasteiger partial charge < -0.3 is 148 Å². The second kappa shape index (κ2) is 35.1. The molecule has 618 valence electrons. The van der Waals surface area contributed by atoms with Gasteiger partial charge in [-0.1, -0.05) is 55.2 Å². The van der Waals surface area contributed by atoms with Crippen molar-refractivity contribution >= 4 is 70.8 Å². The first-order chi connectivity index (χ1) is 53.8. The van der Waals surface area contributed by atoms with Crippen LogP contribution in [0.1, 0.15) is 111 Å². The van der Waals surface area contributed by atoms with Crippen molar-refractivity contribution < 1.29 is 132 Å². The summed E-state index contributed by atoms with van der Waals surface area (Å²) in [6.07, 6.45) is -27.9. The number of nitrogens with two attached hydrogens (primary N) is 2. The van der Waals surface area contributed by atoms with E-state index in [0.717, 1.165) is 42.5 Å². The Morgan fingerprint density at radius 1 is 0.702 bits per heavy atom. The minimum atomic E-state index is -2.38. The number of ether oxygens (including phenoxy) is 8. The Kier molecular flexibility index (Phi) is 26.4. The molecule has 3 saturated heterocycles. The first kappa shape index (κ1) is 85.7. The number of aliphatic hydroxyl groups excluding tert-OH is 8. The van der Waals surface area contributed by atoms with E-state index in [1.54, 1.807) is 19.0 Å². The highest BCUT2D eigenvalue weighted by molar-refractivity contribution is 6.32. The number of nitrogens with zero attached hydrogens (tertiary/aromatic N) is 1. The molecule has 7 amide bonds. The summed E-state index contributed by atoms with van der Waals surface area (Å²) in [6, 6.07) is -0.365. The van der Waals surface area contributed by atoms with E-state index < -0.39 is 256 Å². The molecule has 0 spiro atoms. The number of likely N-dealkylation sites (N-methyl/N-ethyl adjacent to an activating group) is 2. The zero-order valence-corrected chi connectivity index (χ0v) is 64.1. The first-order valence-corrected chi connectivity index (χ1v) is 37.1. The van der Waals surface area contributed by atoms with E-state index in [2.05, 4.69) is 37.2 Å². The van der Waals surface area contributed by atoms with Gasteiger partial charge in [0.05, 0.1) is 41.3 Å². The van der Waals surface area contributed by atoms with Crippen LogP contribution < -0.4 is 62.9 Å². The monoisotopic (exact) mass is 1630 g/mol. The number of carbonyl (C=O) groups is 8. The fraction of sp³-hybridized carbons (Fsp3) is 0.493. The Hall–Kier alpha value is -9.20. The first-order valence-electron chi connectivity index (χ1n) is 36.3. The topological polar surface area (TPSA) is 572 Å². The van der Waals surface area contributed by atoms with E-state index in [1.165, 1.54) is 58.2 Å². The molecule has 8 heterocycles. The number of phenols is 3. The summed E-state index contributed by atoms with van der Waals surface area (Å²) in [5, 5.41) is 144. The molecule has 0 aliphatic carbocycles. The number of aldehydes is 1. The fourth-order valence-corrected chi connectivity index (χ4v) is 14.9. The number of aliphatic hydroxyl groups is 8. The summed E-state index contributed by atoms with van der Waals surface area (Å²) in [6.45, 7) is 6.75. The lowest BCUT2D eigenvalue weighted by Gasteiger charge is -2.46. The van der Waals surface area contributed by atoms with Crippen molar-refractivity contribution in [1.82, 2.24) is 42.1 Å². The molecule has 0 radical (unpaired) electrons. The maximum atomic E-state index is 16.4. The van der Waals surface area contributed by atoms with Crippen LogP contribution in [-0.2, 0) is 62.0 Å². The fourth-order valence-electron chi connectivity index (χ4n) is 14.4. The molecular formula is C75H92Cl2N10O27. The van der Waals surface area contributed by atoms with Crippen molar-refractivity contribution in [2.24, 2.45) is 17.4 Å². The standard InChI is InChI=1S/C75H92Cl2N10O27/c1-27(2)15-40(87(7)8)68(102)85-54-57(94)31-10-13-43(36(76)17-31)108-45-19-33-20-46(64(45)113-74-62(99)60(97)65(48(26-89)111-74)114-73-61(98)59(96)58(95)47(110-73)24-80-6)109-44-14-11-32(18-37(44)77)63(112-50-23-75(5,79)66(100)29(4)107-50)55-72(106)82-39(25-88)34-21-42(91)28(3)56(93)51(34)35-16-30(9-12-41(35)90)52(69(103)86-55)84-70(104)53(33)83-67(101)38(22-49(78)92)81-71(54)105/h9-14,16-21,25,27,29,38-40,47-48,50,52-55,57-63,65-66,73-74,80,89-91,93-100H,15,22-24,26,79H2,1-8H3,(H2,78,92)(H,81,105)(H,82,106)(H,83,101)(H,84,104)(H,85,102)(H,86,103)/t29-,38-,39-,40+,47+,48+,50?,52+,53+,54+,55-,57+,58-,59-,60+,61+,62+,63+,65+,66-,73-,74?,75-/m0/s1. The van der Waals surface area contributed by atoms with Crippen molar-refractivity contribution in [3.8, 4) is 57.1 Å². The predicted molar refractivity (Wildman–Crippen MR) is 397 cm³/mol. The second-order valence-corrected chi connectivity index (χ2v) is 30.6. The van der Waals surface area contributed by atoms with Gasteiger partial charge in [0.15, 0.2) is 24.1 Å². The number of carbonyl (C=O) groups excluding carboxylic acids is 8. The summed E-state index contributed by atoms with van der Waals surface area (Å²) >= 11 is 14.5. The van der Waals surface area contributed by atoms with Crippen LogP contribution in [0.3, 0.4) is 0 Å². The largest absolute Gasteiger partial charge is 0.508 e. The molecule has 3 fully saturated rings. The molecule has 0 aromatic heterocycles. The zero-order chi connectivity index (χ0) is 83.1. The normalized spacial score (nSPS) is 31.6. The average Bonchev–Trinajstić information content (AvgIpc) is 0.761. The average molecular weight is 1640 g/mol. The summed E-state index contributed by atoms with van der Waals surface area (Å²) in [5.74, 6) is -13.8. The highest BCUT2D eigenvalue weighted by atomic mass is 35.5. The Bertz CT molecular complexity index is 4480. The number of primary amides is 1. The lowest BCUT2D eigenvalue weighted by molar-refractivity contribution is -0.350. The smallest absolute Gasteiger partial charge is 0.248 e. The van der Waals surface area contributed by atoms with E-state index in [9.17, 15) is 70.6 Å². The van der Waals surface area contributed by atoms with Crippen molar-refractivity contribution in [1.29, 1.82) is 0 Å². The highest BCUT2D eigenvalue weighted by Crippen LogP contribution is 2.51. The van der Waals surface area contributed by atoms with Gasteiger partial charge >= 0.3 is 0 Å². The highest BCUT2D eigenvalue weighted by Gasteiger charge is 2.53. The molecule has 5 aromatic rings. The molecule has 0 saturated carbocycles. The molecule has 114 heavy (non-hydrogen) atoms. The minimum Gasteiger partial charge on any atom is -0.508 e. The predicted octanol–water partition coefficient (Wildman–Crippen LogP) is -1.08. The van der Waals surface area contributed by atoms with Gasteiger partial charge in [-0.2, -0.15) is 0 Å². The Morgan fingerprint density at radius 3 is 1.91 bits per heavy atom. The number of hydrogen-bond donors (Lipinski definition) is 20. The number of amides is 7. The number of rotatable bonds is 17. The van der Waals surface area contributed by atoms with Crippen molar-refractivity contribution in [3.63, 3.8) is 0 Å². The maximum Gasteiger partial charge on any atom is 0.248 e. The van der Waals surface area contributed by atoms with Crippen LogP contribution in [-0.4, -0.2) is 253 Å². The van der Waals surface area contributed by atoms with Gasteiger partial charge in [0.2, 0.25) is 53.4 Å². The summed E-state index contributed by atoms with van der Waals surface area (Å²) in [5.41, 5.74) is 8.56. The third-order valence-corrected chi connectivity index (χ3v) is 21.3. The molecule has 8 aliphatic heterocycles. The third kappa shape index (κ3) is 17.9. The third-order valence-electron chi connectivity index (χ3n) is 20.7. The van der Waals surface area contributed by atoms with Crippen LogP contribution in [0.5, 0.6) is 46.0 Å². The van der Waals surface area contributed by atoms with E-state index in [-0.39, 0.29) is 70.7 Å². The van der Waals surface area contributed by atoms with E-state index >= 15 is 24.0 Å². The molecule has 11 bridgehead atoms. The van der Waals surface area contributed by atoms with Crippen molar-refractivity contribution in [2.45, 2.75) is 194 Å². The zero-order valence-electron chi connectivity index (χ0n) is 62.6. The molecular weight excluding hydrogens is 1540 g/mol. The number of phenolic OH excluding ortho intramolecular Hbond substituents is 3. The lowest BCUT2D eigenvalue weighted by Crippen LogP contribution is -2.65. The maximum absolute atomic E-state index is 16.4. The Labute approximate surface area is 661 Å². The molecule has 37 nitrogen and oxygen atoms in total. The van der Waals surface area contributed by atoms with Crippen LogP contribution in [0, 0.1) is 12.8 Å². The minimum absolute atomic E-state index is 0.0954. The number of halogens is 2. The number of benzene rings is 5. The Morgan fingerprint density at radius 2 is 1.31 bits per heavy atom. The number of fused-ring (bicyclic) bond motifs is 15.